The van der Waals surface area contributed by atoms with Crippen LogP contribution in [0, 0.1) is 5.92 Å². The van der Waals surface area contributed by atoms with E-state index in [1.54, 1.807) is 0 Å². The first-order chi connectivity index (χ1) is 13.6. The Bertz CT molecular complexity index is 858. The third kappa shape index (κ3) is 3.06. The molecule has 0 unspecified atom stereocenters. The lowest BCUT2D eigenvalue weighted by Crippen LogP contribution is -2.61. The summed E-state index contributed by atoms with van der Waals surface area (Å²) in [6.07, 6.45) is 3.66. The Balaban J connectivity index is 0.000000932. The fraction of sp³-hybridized carbons (Fsp3) is 0.480. The van der Waals surface area contributed by atoms with E-state index in [1.165, 1.54) is 18.4 Å². The summed E-state index contributed by atoms with van der Waals surface area (Å²) in [5.74, 6) is 0.701. The molecule has 2 aromatic rings. The number of piperidine rings is 1. The van der Waals surface area contributed by atoms with Crippen LogP contribution < -0.4 is 5.32 Å². The summed E-state index contributed by atoms with van der Waals surface area (Å²) < 4.78 is 0. The predicted octanol–water partition coefficient (Wildman–Crippen LogP) is 5.78. The number of ketones is 1. The van der Waals surface area contributed by atoms with Crippen molar-refractivity contribution in [3.63, 3.8) is 0 Å². The zero-order valence-corrected chi connectivity index (χ0v) is 17.5. The third-order valence-electron chi connectivity index (χ3n) is 6.97. The molecule has 3 atom stereocenters. The molecule has 28 heavy (non-hydrogen) atoms. The zero-order valence-electron chi connectivity index (χ0n) is 17.5. The van der Waals surface area contributed by atoms with Gasteiger partial charge in [0.1, 0.15) is 0 Å². The second kappa shape index (κ2) is 7.36. The minimum absolute atomic E-state index is 0.0710. The number of likely N-dealkylation sites (tertiary alicyclic amines) is 1. The number of para-hydroxylation sites is 1. The predicted molar refractivity (Wildman–Crippen MR) is 116 cm³/mol. The van der Waals surface area contributed by atoms with Crippen molar-refractivity contribution >= 4 is 17.2 Å². The third-order valence-corrected chi connectivity index (χ3v) is 6.97. The largest absolute Gasteiger partial charge is 0.356 e. The molecule has 1 aliphatic heterocycles. The SMILES string of the molecule is CC.C[C@H]1[C@H]2C(=O)c3ccc(Nc4ccccc4)cc3[C@@]1(C)CCN2C1CC1. The second-order valence-corrected chi connectivity index (χ2v) is 8.49. The molecule has 2 fully saturated rings. The van der Waals surface area contributed by atoms with Crippen LogP contribution in [0.5, 0.6) is 0 Å². The van der Waals surface area contributed by atoms with Gasteiger partial charge in [-0.1, -0.05) is 45.9 Å². The molecule has 2 bridgehead atoms. The van der Waals surface area contributed by atoms with Gasteiger partial charge in [-0.25, -0.2) is 0 Å². The van der Waals surface area contributed by atoms with Crippen molar-refractivity contribution in [1.29, 1.82) is 0 Å². The Morgan fingerprint density at radius 2 is 1.75 bits per heavy atom. The average molecular weight is 377 g/mol. The smallest absolute Gasteiger partial charge is 0.180 e. The monoisotopic (exact) mass is 376 g/mol. The fourth-order valence-electron chi connectivity index (χ4n) is 5.09. The van der Waals surface area contributed by atoms with E-state index in [1.807, 2.05) is 32.0 Å². The van der Waals surface area contributed by atoms with Crippen molar-refractivity contribution in [1.82, 2.24) is 4.90 Å². The molecule has 2 aliphatic carbocycles. The molecule has 1 heterocycles. The minimum atomic E-state index is 0.0710. The number of hydrogen-bond acceptors (Lipinski definition) is 3. The number of hydrogen-bond donors (Lipinski definition) is 1. The summed E-state index contributed by atoms with van der Waals surface area (Å²) in [5.41, 5.74) is 4.41. The number of Topliss-reactive ketones (excluding diaryl/α,β-unsaturated/α-hetero) is 1. The minimum Gasteiger partial charge on any atom is -0.356 e. The molecule has 3 aliphatic rings. The molecule has 148 valence electrons. The van der Waals surface area contributed by atoms with Gasteiger partial charge in [-0.05, 0) is 66.5 Å². The molecule has 1 N–H and O–H groups in total. The van der Waals surface area contributed by atoms with Crippen molar-refractivity contribution < 1.29 is 4.79 Å². The maximum absolute atomic E-state index is 13.3. The number of nitrogens with one attached hydrogen (secondary N) is 1. The number of anilines is 2. The zero-order chi connectivity index (χ0) is 19.9. The van der Waals surface area contributed by atoms with Gasteiger partial charge in [0.05, 0.1) is 6.04 Å². The molecule has 5 rings (SSSR count). The lowest BCUT2D eigenvalue weighted by atomic mass is 9.58. The van der Waals surface area contributed by atoms with Gasteiger partial charge in [-0.3, -0.25) is 9.69 Å². The Kier molecular flexibility index (Phi) is 5.05. The Morgan fingerprint density at radius 1 is 1.04 bits per heavy atom. The maximum Gasteiger partial charge on any atom is 0.180 e. The lowest BCUT2D eigenvalue weighted by molar-refractivity contribution is 0.0248. The first-order valence-electron chi connectivity index (χ1n) is 10.8. The van der Waals surface area contributed by atoms with Crippen molar-refractivity contribution in [2.45, 2.75) is 64.5 Å². The van der Waals surface area contributed by atoms with Crippen molar-refractivity contribution in [3.05, 3.63) is 59.7 Å². The normalized spacial score (nSPS) is 28.8. The molecule has 3 heteroatoms. The number of rotatable bonds is 3. The highest BCUT2D eigenvalue weighted by Gasteiger charge is 2.54. The highest BCUT2D eigenvalue weighted by molar-refractivity contribution is 6.04. The first-order valence-corrected chi connectivity index (χ1v) is 10.8. The van der Waals surface area contributed by atoms with Crippen molar-refractivity contribution in [2.24, 2.45) is 5.92 Å². The van der Waals surface area contributed by atoms with E-state index < -0.39 is 0 Å². The van der Waals surface area contributed by atoms with E-state index in [2.05, 4.69) is 54.4 Å². The van der Waals surface area contributed by atoms with Gasteiger partial charge < -0.3 is 5.32 Å². The molecular formula is C25H32N2O. The molecule has 0 radical (unpaired) electrons. The van der Waals surface area contributed by atoms with Crippen LogP contribution >= 0.6 is 0 Å². The summed E-state index contributed by atoms with van der Waals surface area (Å²) in [4.78, 5) is 15.8. The first kappa shape index (κ1) is 19.2. The van der Waals surface area contributed by atoms with E-state index in [9.17, 15) is 4.79 Å². The molecule has 0 aromatic heterocycles. The molecule has 1 saturated heterocycles. The van der Waals surface area contributed by atoms with Crippen LogP contribution in [0.4, 0.5) is 11.4 Å². The van der Waals surface area contributed by atoms with E-state index in [-0.39, 0.29) is 11.5 Å². The van der Waals surface area contributed by atoms with Crippen LogP contribution in [0.2, 0.25) is 0 Å². The van der Waals surface area contributed by atoms with E-state index in [0.29, 0.717) is 17.7 Å². The molecule has 2 aromatic carbocycles. The number of carbonyl (C=O) groups excluding carboxylic acids is 1. The van der Waals surface area contributed by atoms with E-state index >= 15 is 0 Å². The van der Waals surface area contributed by atoms with Crippen molar-refractivity contribution in [2.75, 3.05) is 11.9 Å². The summed E-state index contributed by atoms with van der Waals surface area (Å²) in [5, 5.41) is 3.49. The number of fused-ring (bicyclic) bond motifs is 4. The number of nitrogens with zero attached hydrogens (tertiary/aromatic N) is 1. The topological polar surface area (TPSA) is 32.3 Å². The van der Waals surface area contributed by atoms with Gasteiger partial charge in [0.25, 0.3) is 0 Å². The fourth-order valence-corrected chi connectivity index (χ4v) is 5.09. The van der Waals surface area contributed by atoms with Gasteiger partial charge in [0.2, 0.25) is 0 Å². The van der Waals surface area contributed by atoms with Gasteiger partial charge in [0, 0.05) is 29.5 Å². The Morgan fingerprint density at radius 3 is 2.43 bits per heavy atom. The van der Waals surface area contributed by atoms with Crippen LogP contribution in [0.3, 0.4) is 0 Å². The molecule has 0 spiro atoms. The van der Waals surface area contributed by atoms with Crippen molar-refractivity contribution in [3.8, 4) is 0 Å². The summed E-state index contributed by atoms with van der Waals surface area (Å²) >= 11 is 0. The Hall–Kier alpha value is -2.13. The van der Waals surface area contributed by atoms with Gasteiger partial charge in [0.15, 0.2) is 5.78 Å². The number of benzene rings is 2. The van der Waals surface area contributed by atoms with E-state index in [0.717, 1.165) is 29.9 Å². The highest BCUT2D eigenvalue weighted by Crippen LogP contribution is 2.51. The van der Waals surface area contributed by atoms with Crippen LogP contribution in [0.1, 0.15) is 62.9 Å². The summed E-state index contributed by atoms with van der Waals surface area (Å²) in [6.45, 7) is 9.71. The highest BCUT2D eigenvalue weighted by atomic mass is 16.1. The lowest BCUT2D eigenvalue weighted by Gasteiger charge is -2.53. The van der Waals surface area contributed by atoms with Crippen LogP contribution in [-0.2, 0) is 5.41 Å². The molecule has 3 nitrogen and oxygen atoms in total. The van der Waals surface area contributed by atoms with Crippen LogP contribution in [0.25, 0.3) is 0 Å². The Labute approximate surface area is 169 Å². The number of carbonyl (C=O) groups is 1. The van der Waals surface area contributed by atoms with Gasteiger partial charge >= 0.3 is 0 Å². The van der Waals surface area contributed by atoms with E-state index in [4.69, 9.17) is 0 Å². The summed E-state index contributed by atoms with van der Waals surface area (Å²) in [7, 11) is 0. The van der Waals surface area contributed by atoms with Gasteiger partial charge in [-0.15, -0.1) is 0 Å². The summed E-state index contributed by atoms with van der Waals surface area (Å²) in [6, 6.07) is 17.3. The van der Waals surface area contributed by atoms with Crippen LogP contribution in [-0.4, -0.2) is 29.3 Å². The maximum atomic E-state index is 13.3. The standard InChI is InChI=1S/C23H26N2O.C2H6/c1-15-21-22(26)19-11-8-17(24-16-6-4-3-5-7-16)14-20(19)23(15,2)12-13-25(21)18-9-10-18;1-2/h3-8,11,14-15,18,21,24H,9-10,12-13H2,1-2H3;1-2H3/t15-,21-,23-;/m0./s1. The molecule has 1 saturated carbocycles. The quantitative estimate of drug-likeness (QED) is 0.736. The molecule has 0 amide bonds. The second-order valence-electron chi connectivity index (χ2n) is 8.49. The van der Waals surface area contributed by atoms with Crippen LogP contribution in [0.15, 0.2) is 48.5 Å². The molecular weight excluding hydrogens is 344 g/mol. The average Bonchev–Trinajstić information content (AvgIpc) is 3.56. The van der Waals surface area contributed by atoms with Gasteiger partial charge in [-0.2, -0.15) is 0 Å².